The molecular weight excluding hydrogens is 359 g/mol. The number of benzene rings is 1. The van der Waals surface area contributed by atoms with Crippen molar-refractivity contribution in [2.75, 3.05) is 24.6 Å². The van der Waals surface area contributed by atoms with Gasteiger partial charge in [-0.05, 0) is 19.4 Å². The van der Waals surface area contributed by atoms with Gasteiger partial charge in [0.2, 0.25) is 5.91 Å². The van der Waals surface area contributed by atoms with E-state index in [0.717, 1.165) is 0 Å². The number of carbonyl (C=O) groups excluding carboxylic acids is 1. The predicted molar refractivity (Wildman–Crippen MR) is 99.0 cm³/mol. The maximum absolute atomic E-state index is 13.6. The molecule has 0 spiro atoms. The minimum Gasteiger partial charge on any atom is -0.357 e. The third-order valence-electron chi connectivity index (χ3n) is 3.95. The van der Waals surface area contributed by atoms with Gasteiger partial charge in [-0.2, -0.15) is 0 Å². The molecule has 0 bridgehead atoms. The predicted octanol–water partition coefficient (Wildman–Crippen LogP) is 0.574. The Kier molecular flexibility index (Phi) is 7.38. The van der Waals surface area contributed by atoms with Crippen LogP contribution in [0.5, 0.6) is 0 Å². The molecule has 1 amide bonds. The van der Waals surface area contributed by atoms with Gasteiger partial charge in [-0.25, -0.2) is 17.8 Å². The lowest BCUT2D eigenvalue weighted by Crippen LogP contribution is -2.41. The van der Waals surface area contributed by atoms with E-state index >= 15 is 0 Å². The lowest BCUT2D eigenvalue weighted by Gasteiger charge is -2.13. The largest absolute Gasteiger partial charge is 0.357 e. The molecule has 1 unspecified atom stereocenters. The summed E-state index contributed by atoms with van der Waals surface area (Å²) in [4.78, 5) is 16.2. The van der Waals surface area contributed by atoms with Crippen molar-refractivity contribution in [2.24, 2.45) is 4.99 Å². The molecule has 1 fully saturated rings. The maximum Gasteiger partial charge on any atom is 0.222 e. The molecule has 1 saturated heterocycles. The molecule has 1 aliphatic rings. The number of carbonyl (C=O) groups is 1. The Hall–Kier alpha value is -2.16. The van der Waals surface area contributed by atoms with Crippen LogP contribution in [0.3, 0.4) is 0 Å². The average molecular weight is 384 g/mol. The van der Waals surface area contributed by atoms with E-state index < -0.39 is 9.84 Å². The van der Waals surface area contributed by atoms with Crippen molar-refractivity contribution in [3.05, 3.63) is 35.6 Å². The van der Waals surface area contributed by atoms with Crippen molar-refractivity contribution >= 4 is 21.7 Å². The van der Waals surface area contributed by atoms with E-state index in [-0.39, 0.29) is 42.2 Å². The second-order valence-electron chi connectivity index (χ2n) is 6.13. The number of rotatable bonds is 7. The molecule has 144 valence electrons. The highest BCUT2D eigenvalue weighted by molar-refractivity contribution is 7.91. The second-order valence-corrected chi connectivity index (χ2v) is 8.36. The summed E-state index contributed by atoms with van der Waals surface area (Å²) in [6, 6.07) is 6.14. The summed E-state index contributed by atoms with van der Waals surface area (Å²) in [6.45, 7) is 3.07. The first-order valence-corrected chi connectivity index (χ1v) is 10.5. The average Bonchev–Trinajstić information content (AvgIpc) is 2.92. The highest BCUT2D eigenvalue weighted by Crippen LogP contribution is 2.11. The maximum atomic E-state index is 13.6. The summed E-state index contributed by atoms with van der Waals surface area (Å²) in [7, 11) is -3.01. The Morgan fingerprint density at radius 2 is 2.08 bits per heavy atom. The molecule has 2 rings (SSSR count). The molecule has 7 nitrogen and oxygen atoms in total. The first-order valence-electron chi connectivity index (χ1n) is 8.65. The number of nitrogens with one attached hydrogen (secondary N) is 3. The van der Waals surface area contributed by atoms with Gasteiger partial charge < -0.3 is 16.0 Å². The van der Waals surface area contributed by atoms with E-state index in [1.54, 1.807) is 18.2 Å². The van der Waals surface area contributed by atoms with Gasteiger partial charge >= 0.3 is 0 Å². The van der Waals surface area contributed by atoms with Crippen LogP contribution in [-0.2, 0) is 21.2 Å². The second kappa shape index (κ2) is 9.51. The third-order valence-corrected chi connectivity index (χ3v) is 5.72. The number of amides is 1. The molecule has 9 heteroatoms. The fourth-order valence-corrected chi connectivity index (χ4v) is 4.31. The molecule has 1 aromatic rings. The van der Waals surface area contributed by atoms with Gasteiger partial charge in [-0.15, -0.1) is 0 Å². The van der Waals surface area contributed by atoms with Gasteiger partial charge in [-0.3, -0.25) is 4.79 Å². The Bertz CT molecular complexity index is 752. The third kappa shape index (κ3) is 6.62. The number of hydrogen-bond donors (Lipinski definition) is 3. The smallest absolute Gasteiger partial charge is 0.222 e. The highest BCUT2D eigenvalue weighted by atomic mass is 32.2. The number of sulfone groups is 1. The molecule has 3 N–H and O–H groups in total. The monoisotopic (exact) mass is 384 g/mol. The number of hydrogen-bond acceptors (Lipinski definition) is 4. The van der Waals surface area contributed by atoms with E-state index in [1.807, 2.05) is 6.92 Å². The normalized spacial score (nSPS) is 19.2. The van der Waals surface area contributed by atoms with Crippen LogP contribution in [-0.4, -0.2) is 50.9 Å². The molecule has 0 saturated carbocycles. The zero-order valence-corrected chi connectivity index (χ0v) is 15.6. The van der Waals surface area contributed by atoms with E-state index in [4.69, 9.17) is 0 Å². The van der Waals surface area contributed by atoms with Crippen molar-refractivity contribution in [3.63, 3.8) is 0 Å². The highest BCUT2D eigenvalue weighted by Gasteiger charge is 2.28. The van der Waals surface area contributed by atoms with Crippen LogP contribution in [0.15, 0.2) is 29.3 Å². The lowest BCUT2D eigenvalue weighted by atomic mass is 10.2. The summed E-state index contributed by atoms with van der Waals surface area (Å²) >= 11 is 0. The summed E-state index contributed by atoms with van der Waals surface area (Å²) in [5, 5.41) is 8.79. The molecule has 26 heavy (non-hydrogen) atoms. The molecule has 1 aliphatic heterocycles. The van der Waals surface area contributed by atoms with Crippen LogP contribution in [0.25, 0.3) is 0 Å². The minimum absolute atomic E-state index is 0.0128. The number of nitrogens with zero attached hydrogens (tertiary/aromatic N) is 1. The molecule has 1 heterocycles. The summed E-state index contributed by atoms with van der Waals surface area (Å²) < 4.78 is 36.4. The Morgan fingerprint density at radius 3 is 2.73 bits per heavy atom. The fraction of sp³-hybridized carbons (Fsp3) is 0.529. The SMILES string of the molecule is CCNC(=NCc1ccccc1F)NCCC(=O)NC1CCS(=O)(=O)C1. The number of aliphatic imine (C=N–C) groups is 1. The Morgan fingerprint density at radius 1 is 1.31 bits per heavy atom. The van der Waals surface area contributed by atoms with Crippen molar-refractivity contribution in [3.8, 4) is 0 Å². The lowest BCUT2D eigenvalue weighted by molar-refractivity contribution is -0.121. The fourth-order valence-electron chi connectivity index (χ4n) is 2.64. The van der Waals surface area contributed by atoms with Gasteiger partial charge in [0.15, 0.2) is 15.8 Å². The molecule has 0 radical (unpaired) electrons. The van der Waals surface area contributed by atoms with Crippen molar-refractivity contribution < 1.29 is 17.6 Å². The van der Waals surface area contributed by atoms with E-state index in [2.05, 4.69) is 20.9 Å². The van der Waals surface area contributed by atoms with Crippen molar-refractivity contribution in [2.45, 2.75) is 32.4 Å². The van der Waals surface area contributed by atoms with Gasteiger partial charge in [0.25, 0.3) is 0 Å². The quantitative estimate of drug-likeness (QED) is 0.472. The summed E-state index contributed by atoms with van der Waals surface area (Å²) in [5.41, 5.74) is 0.491. The summed E-state index contributed by atoms with van der Waals surface area (Å²) in [6.07, 6.45) is 0.662. The first-order chi connectivity index (χ1) is 12.4. The zero-order valence-electron chi connectivity index (χ0n) is 14.8. The first kappa shape index (κ1) is 20.2. The molecule has 1 aromatic carbocycles. The standard InChI is InChI=1S/C17H25FN4O3S/c1-2-19-17(21-11-13-5-3-4-6-15(13)18)20-9-7-16(23)22-14-8-10-26(24,25)12-14/h3-6,14H,2,7-12H2,1H3,(H,22,23)(H2,19,20,21). The zero-order chi connectivity index (χ0) is 19.0. The number of guanidine groups is 1. The molecule has 0 aromatic heterocycles. The van der Waals surface area contributed by atoms with Gasteiger partial charge in [-0.1, -0.05) is 18.2 Å². The Labute approximate surface area is 153 Å². The van der Waals surface area contributed by atoms with Crippen molar-refractivity contribution in [1.29, 1.82) is 0 Å². The molecular formula is C17H25FN4O3S. The van der Waals surface area contributed by atoms with Crippen LogP contribution in [0.4, 0.5) is 4.39 Å². The Balaban J connectivity index is 1.78. The van der Waals surface area contributed by atoms with Gasteiger partial charge in [0, 0.05) is 31.1 Å². The summed E-state index contributed by atoms with van der Waals surface area (Å²) in [5.74, 6) is 0.122. The minimum atomic E-state index is -3.01. The van der Waals surface area contributed by atoms with Crippen LogP contribution in [0, 0.1) is 5.82 Å². The van der Waals surface area contributed by atoms with Crippen molar-refractivity contribution in [1.82, 2.24) is 16.0 Å². The van der Waals surface area contributed by atoms with Crippen LogP contribution in [0.1, 0.15) is 25.3 Å². The van der Waals surface area contributed by atoms with Crippen LogP contribution < -0.4 is 16.0 Å². The molecule has 0 aliphatic carbocycles. The molecule has 1 atom stereocenters. The topological polar surface area (TPSA) is 99.7 Å². The van der Waals surface area contributed by atoms with Crippen LogP contribution in [0.2, 0.25) is 0 Å². The van der Waals surface area contributed by atoms with E-state index in [1.165, 1.54) is 6.07 Å². The van der Waals surface area contributed by atoms with Crippen LogP contribution >= 0.6 is 0 Å². The van der Waals surface area contributed by atoms with Gasteiger partial charge in [0.1, 0.15) is 5.82 Å². The van der Waals surface area contributed by atoms with E-state index in [0.29, 0.717) is 31.0 Å². The van der Waals surface area contributed by atoms with E-state index in [9.17, 15) is 17.6 Å². The number of halogens is 1. The van der Waals surface area contributed by atoms with Gasteiger partial charge in [0.05, 0.1) is 18.1 Å².